The zero-order valence-electron chi connectivity index (χ0n) is 17.7. The van der Waals surface area contributed by atoms with Crippen molar-refractivity contribution in [2.75, 3.05) is 36.5 Å². The number of morpholine rings is 1. The number of rotatable bonds is 5. The topological polar surface area (TPSA) is 83.1 Å². The van der Waals surface area contributed by atoms with Crippen molar-refractivity contribution in [2.45, 2.75) is 33.0 Å². The fourth-order valence-electron chi connectivity index (χ4n) is 3.83. The molecule has 0 spiro atoms. The molecule has 0 saturated carbocycles. The summed E-state index contributed by atoms with van der Waals surface area (Å²) in [6.45, 7) is 7.13. The first-order valence-electron chi connectivity index (χ1n) is 10.3. The number of benzene rings is 1. The second-order valence-corrected chi connectivity index (χ2v) is 7.70. The van der Waals surface area contributed by atoms with E-state index in [2.05, 4.69) is 20.3 Å². The highest BCUT2D eigenvalue weighted by Gasteiger charge is 2.21. The van der Waals surface area contributed by atoms with E-state index in [1.807, 2.05) is 4.90 Å². The molecule has 31 heavy (non-hydrogen) atoms. The van der Waals surface area contributed by atoms with E-state index in [0.717, 1.165) is 0 Å². The lowest BCUT2D eigenvalue weighted by Crippen LogP contribution is -2.39. The van der Waals surface area contributed by atoms with E-state index in [1.165, 1.54) is 13.0 Å². The van der Waals surface area contributed by atoms with Crippen molar-refractivity contribution in [3.05, 3.63) is 57.4 Å². The van der Waals surface area contributed by atoms with Crippen LogP contribution in [0.3, 0.4) is 0 Å². The summed E-state index contributed by atoms with van der Waals surface area (Å²) in [6, 6.07) is 5.97. The van der Waals surface area contributed by atoms with Crippen molar-refractivity contribution in [3.63, 3.8) is 0 Å². The molecule has 1 saturated heterocycles. The van der Waals surface area contributed by atoms with Gasteiger partial charge in [-0.05, 0) is 26.8 Å². The summed E-state index contributed by atoms with van der Waals surface area (Å²) in [5, 5.41) is 3.84. The first kappa shape index (κ1) is 21.2. The second kappa shape index (κ2) is 8.58. The average molecular weight is 429 g/mol. The molecule has 4 rings (SSSR count). The molecule has 1 fully saturated rings. The molecule has 2 aromatic heterocycles. The Bertz CT molecular complexity index is 1160. The van der Waals surface area contributed by atoms with Gasteiger partial charge in [0.1, 0.15) is 35.0 Å². The number of aromatic nitrogens is 3. The Morgan fingerprint density at radius 2 is 1.90 bits per heavy atom. The summed E-state index contributed by atoms with van der Waals surface area (Å²) < 4.78 is 34.0. The van der Waals surface area contributed by atoms with E-state index >= 15 is 0 Å². The standard InChI is InChI=1S/C22H25F2N5O2/c1-12(23)15-5-4-6-16(19(15)24)13(2)25-20-17-11-18(29-7-9-31-10-8-29)22(30)28-21(17)27-14(3)26-20/h4-6,11-13H,7-10H2,1-3H3,(H2,25,26,27,28,30)/t12?,13-/m1/s1. The van der Waals surface area contributed by atoms with Crippen molar-refractivity contribution < 1.29 is 13.5 Å². The molecule has 0 bridgehead atoms. The van der Waals surface area contributed by atoms with Crippen molar-refractivity contribution in [2.24, 2.45) is 0 Å². The third-order valence-electron chi connectivity index (χ3n) is 5.46. The summed E-state index contributed by atoms with van der Waals surface area (Å²) in [7, 11) is 0. The lowest BCUT2D eigenvalue weighted by molar-refractivity contribution is 0.122. The maximum Gasteiger partial charge on any atom is 0.273 e. The molecule has 7 nitrogen and oxygen atoms in total. The van der Waals surface area contributed by atoms with Crippen LogP contribution in [0.15, 0.2) is 29.1 Å². The highest BCUT2D eigenvalue weighted by molar-refractivity contribution is 5.89. The molecule has 3 aromatic rings. The van der Waals surface area contributed by atoms with Gasteiger partial charge in [-0.2, -0.15) is 0 Å². The Hall–Kier alpha value is -3.07. The number of hydrogen-bond donors (Lipinski definition) is 2. The van der Waals surface area contributed by atoms with Gasteiger partial charge >= 0.3 is 0 Å². The first-order valence-corrected chi connectivity index (χ1v) is 10.3. The largest absolute Gasteiger partial charge is 0.378 e. The number of ether oxygens (including phenoxy) is 1. The normalized spacial score (nSPS) is 16.4. The number of H-pyrrole nitrogens is 1. The van der Waals surface area contributed by atoms with Crippen molar-refractivity contribution in [1.29, 1.82) is 0 Å². The SMILES string of the molecule is Cc1nc(N[C@H](C)c2cccc(C(C)F)c2F)c2cc(N3CCOCC3)c(=O)[nH]c2n1. The number of aromatic amines is 1. The molecule has 1 aromatic carbocycles. The Balaban J connectivity index is 1.75. The van der Waals surface area contributed by atoms with Gasteiger partial charge in [-0.1, -0.05) is 18.2 Å². The van der Waals surface area contributed by atoms with E-state index in [1.54, 1.807) is 32.0 Å². The molecule has 0 radical (unpaired) electrons. The molecule has 1 aliphatic heterocycles. The third-order valence-corrected chi connectivity index (χ3v) is 5.46. The monoisotopic (exact) mass is 429 g/mol. The molecule has 1 aliphatic rings. The molecule has 3 heterocycles. The van der Waals surface area contributed by atoms with E-state index in [-0.39, 0.29) is 11.1 Å². The number of fused-ring (bicyclic) bond motifs is 1. The fourth-order valence-corrected chi connectivity index (χ4v) is 3.83. The maximum atomic E-state index is 14.9. The van der Waals surface area contributed by atoms with E-state index in [0.29, 0.717) is 60.2 Å². The van der Waals surface area contributed by atoms with Gasteiger partial charge in [0.25, 0.3) is 5.56 Å². The smallest absolute Gasteiger partial charge is 0.273 e. The maximum absolute atomic E-state index is 14.9. The first-order chi connectivity index (χ1) is 14.8. The van der Waals surface area contributed by atoms with Gasteiger partial charge in [-0.15, -0.1) is 0 Å². The summed E-state index contributed by atoms with van der Waals surface area (Å²) in [5.41, 5.74) is 1.04. The van der Waals surface area contributed by atoms with Crippen molar-refractivity contribution in [3.8, 4) is 0 Å². The van der Waals surface area contributed by atoms with Gasteiger partial charge in [0, 0.05) is 24.2 Å². The minimum atomic E-state index is -1.41. The lowest BCUT2D eigenvalue weighted by Gasteiger charge is -2.28. The number of nitrogens with zero attached hydrogens (tertiary/aromatic N) is 3. The lowest BCUT2D eigenvalue weighted by atomic mass is 10.0. The molecular weight excluding hydrogens is 404 g/mol. The van der Waals surface area contributed by atoms with Crippen LogP contribution >= 0.6 is 0 Å². The van der Waals surface area contributed by atoms with Crippen LogP contribution in [0.1, 0.15) is 43.0 Å². The van der Waals surface area contributed by atoms with Gasteiger partial charge in [0.05, 0.1) is 24.6 Å². The Labute approximate surface area is 178 Å². The number of anilines is 2. The van der Waals surface area contributed by atoms with Crippen LogP contribution in [0.25, 0.3) is 11.0 Å². The molecule has 2 N–H and O–H groups in total. The fraction of sp³-hybridized carbons (Fsp3) is 0.409. The van der Waals surface area contributed by atoms with Gasteiger partial charge in [-0.3, -0.25) is 4.79 Å². The minimum absolute atomic E-state index is 0.0220. The van der Waals surface area contributed by atoms with Crippen LogP contribution < -0.4 is 15.8 Å². The van der Waals surface area contributed by atoms with E-state index < -0.39 is 18.0 Å². The van der Waals surface area contributed by atoms with Gasteiger partial charge in [0.2, 0.25) is 0 Å². The minimum Gasteiger partial charge on any atom is -0.378 e. The molecule has 0 amide bonds. The Morgan fingerprint density at radius 3 is 2.61 bits per heavy atom. The summed E-state index contributed by atoms with van der Waals surface area (Å²) in [6.07, 6.45) is -1.41. The highest BCUT2D eigenvalue weighted by atomic mass is 19.1. The molecule has 1 unspecified atom stereocenters. The van der Waals surface area contributed by atoms with E-state index in [9.17, 15) is 13.6 Å². The molecule has 164 valence electrons. The number of halogens is 2. The summed E-state index contributed by atoms with van der Waals surface area (Å²) in [4.78, 5) is 26.3. The second-order valence-electron chi connectivity index (χ2n) is 7.70. The molecule has 0 aliphatic carbocycles. The van der Waals surface area contributed by atoms with Crippen LogP contribution in [0.4, 0.5) is 20.3 Å². The van der Waals surface area contributed by atoms with Crippen LogP contribution in [0, 0.1) is 12.7 Å². The Morgan fingerprint density at radius 1 is 1.19 bits per heavy atom. The predicted octanol–water partition coefficient (Wildman–Crippen LogP) is 3.81. The average Bonchev–Trinajstić information content (AvgIpc) is 2.73. The molecule has 9 heteroatoms. The zero-order chi connectivity index (χ0) is 22.1. The predicted molar refractivity (Wildman–Crippen MR) is 116 cm³/mol. The van der Waals surface area contributed by atoms with Crippen molar-refractivity contribution >= 4 is 22.5 Å². The van der Waals surface area contributed by atoms with Crippen LogP contribution in [0.2, 0.25) is 0 Å². The molecular formula is C22H25F2N5O2. The number of hydrogen-bond acceptors (Lipinski definition) is 6. The highest BCUT2D eigenvalue weighted by Crippen LogP contribution is 2.30. The number of nitrogens with one attached hydrogen (secondary N) is 2. The third kappa shape index (κ3) is 4.23. The van der Waals surface area contributed by atoms with Crippen LogP contribution in [-0.2, 0) is 4.74 Å². The number of alkyl halides is 1. The summed E-state index contributed by atoms with van der Waals surface area (Å²) in [5.74, 6) is 0.359. The zero-order valence-corrected chi connectivity index (χ0v) is 17.7. The van der Waals surface area contributed by atoms with Crippen LogP contribution in [-0.4, -0.2) is 41.3 Å². The van der Waals surface area contributed by atoms with Crippen LogP contribution in [0.5, 0.6) is 0 Å². The quantitative estimate of drug-likeness (QED) is 0.642. The number of aryl methyl sites for hydroxylation is 1. The van der Waals surface area contributed by atoms with Gasteiger partial charge < -0.3 is 19.9 Å². The summed E-state index contributed by atoms with van der Waals surface area (Å²) >= 11 is 0. The van der Waals surface area contributed by atoms with Gasteiger partial charge in [-0.25, -0.2) is 18.7 Å². The van der Waals surface area contributed by atoms with Gasteiger partial charge in [0.15, 0.2) is 0 Å². The Kier molecular flexibility index (Phi) is 5.86. The van der Waals surface area contributed by atoms with E-state index in [4.69, 9.17) is 4.74 Å². The van der Waals surface area contributed by atoms with Crippen molar-refractivity contribution in [1.82, 2.24) is 15.0 Å². The molecule has 2 atom stereocenters. The number of pyridine rings is 1.